The molecule has 0 unspecified atom stereocenters. The van der Waals surface area contributed by atoms with E-state index in [1.807, 2.05) is 30.3 Å². The second-order valence-electron chi connectivity index (χ2n) is 6.20. The highest BCUT2D eigenvalue weighted by Crippen LogP contribution is 2.30. The van der Waals surface area contributed by atoms with Crippen LogP contribution in [0.15, 0.2) is 58.4 Å². The van der Waals surface area contributed by atoms with E-state index in [0.717, 1.165) is 5.56 Å². The molecule has 0 saturated heterocycles. The average molecular weight is 422 g/mol. The van der Waals surface area contributed by atoms with Gasteiger partial charge in [-0.25, -0.2) is 4.98 Å². The molecule has 9 heteroatoms. The third-order valence-electron chi connectivity index (χ3n) is 4.23. The van der Waals surface area contributed by atoms with Crippen molar-refractivity contribution in [3.05, 3.63) is 70.5 Å². The average Bonchev–Trinajstić information content (AvgIpc) is 3.44. The number of rotatable bonds is 7. The van der Waals surface area contributed by atoms with Gasteiger partial charge >= 0.3 is 0 Å². The molecule has 0 aliphatic carbocycles. The molecular formula is C21H18N4O4S. The number of ether oxygens (including phenoxy) is 2. The Balaban J connectivity index is 1.43. The van der Waals surface area contributed by atoms with Gasteiger partial charge in [0.1, 0.15) is 10.7 Å². The number of thiazole rings is 1. The number of methoxy groups -OCH3 is 2. The standard InChI is InChI=1S/C21H18N4O4S/c1-27-16-9-8-14(10-17(16)28-2)22-21(26)15-12-30-19(23-15)11-18-24-20(25-29-18)13-6-4-3-5-7-13/h3-10,12H,11H2,1-2H3,(H,22,26). The Labute approximate surface area is 176 Å². The first kappa shape index (κ1) is 19.6. The van der Waals surface area contributed by atoms with Gasteiger partial charge in [0.25, 0.3) is 5.91 Å². The van der Waals surface area contributed by atoms with Crippen molar-refractivity contribution >= 4 is 22.9 Å². The molecule has 2 aromatic carbocycles. The van der Waals surface area contributed by atoms with Gasteiger partial charge in [-0.2, -0.15) is 4.98 Å². The molecule has 30 heavy (non-hydrogen) atoms. The molecule has 1 N–H and O–H groups in total. The van der Waals surface area contributed by atoms with Gasteiger partial charge in [0.2, 0.25) is 11.7 Å². The molecule has 152 valence electrons. The van der Waals surface area contributed by atoms with Crippen LogP contribution in [0.3, 0.4) is 0 Å². The van der Waals surface area contributed by atoms with Gasteiger partial charge in [-0.3, -0.25) is 4.79 Å². The molecule has 1 amide bonds. The van der Waals surface area contributed by atoms with Crippen LogP contribution in [0, 0.1) is 0 Å². The fourth-order valence-corrected chi connectivity index (χ4v) is 3.53. The lowest BCUT2D eigenvalue weighted by Gasteiger charge is -2.09. The molecule has 2 aromatic heterocycles. The Bertz CT molecular complexity index is 1160. The number of hydrogen-bond donors (Lipinski definition) is 1. The van der Waals surface area contributed by atoms with Crippen molar-refractivity contribution in [2.75, 3.05) is 19.5 Å². The first-order valence-corrected chi connectivity index (χ1v) is 9.90. The second kappa shape index (κ2) is 8.75. The van der Waals surface area contributed by atoms with E-state index < -0.39 is 0 Å². The normalized spacial score (nSPS) is 10.6. The minimum Gasteiger partial charge on any atom is -0.493 e. The van der Waals surface area contributed by atoms with Crippen LogP contribution in [-0.4, -0.2) is 35.3 Å². The lowest BCUT2D eigenvalue weighted by molar-refractivity contribution is 0.102. The van der Waals surface area contributed by atoms with E-state index in [0.29, 0.717) is 46.0 Å². The number of nitrogens with zero attached hydrogens (tertiary/aromatic N) is 3. The molecule has 0 aliphatic heterocycles. The van der Waals surface area contributed by atoms with Crippen molar-refractivity contribution in [2.24, 2.45) is 0 Å². The molecule has 0 saturated carbocycles. The molecule has 0 atom stereocenters. The number of carbonyl (C=O) groups is 1. The zero-order valence-corrected chi connectivity index (χ0v) is 17.1. The van der Waals surface area contributed by atoms with Crippen LogP contribution in [-0.2, 0) is 6.42 Å². The van der Waals surface area contributed by atoms with Gasteiger partial charge in [-0.1, -0.05) is 35.5 Å². The summed E-state index contributed by atoms with van der Waals surface area (Å²) in [5.41, 5.74) is 1.77. The van der Waals surface area contributed by atoms with Gasteiger partial charge in [0.05, 0.1) is 20.6 Å². The van der Waals surface area contributed by atoms with Crippen LogP contribution >= 0.6 is 11.3 Å². The van der Waals surface area contributed by atoms with Crippen LogP contribution in [0.5, 0.6) is 11.5 Å². The molecule has 0 fully saturated rings. The molecule has 0 radical (unpaired) electrons. The smallest absolute Gasteiger partial charge is 0.275 e. The summed E-state index contributed by atoms with van der Waals surface area (Å²) < 4.78 is 15.8. The largest absolute Gasteiger partial charge is 0.493 e. The van der Waals surface area contributed by atoms with Crippen LogP contribution in [0.25, 0.3) is 11.4 Å². The van der Waals surface area contributed by atoms with E-state index in [2.05, 4.69) is 20.4 Å². The van der Waals surface area contributed by atoms with Crippen molar-refractivity contribution in [2.45, 2.75) is 6.42 Å². The number of carbonyl (C=O) groups excluding carboxylic acids is 1. The summed E-state index contributed by atoms with van der Waals surface area (Å²) in [5.74, 6) is 1.75. The maximum absolute atomic E-state index is 12.5. The van der Waals surface area contributed by atoms with Crippen LogP contribution in [0.1, 0.15) is 21.4 Å². The summed E-state index contributed by atoms with van der Waals surface area (Å²) in [6.45, 7) is 0. The Morgan fingerprint density at radius 2 is 1.87 bits per heavy atom. The molecule has 2 heterocycles. The summed E-state index contributed by atoms with van der Waals surface area (Å²) in [6.07, 6.45) is 0.355. The van der Waals surface area contributed by atoms with Crippen LogP contribution in [0.2, 0.25) is 0 Å². The summed E-state index contributed by atoms with van der Waals surface area (Å²) in [6, 6.07) is 14.7. The monoisotopic (exact) mass is 422 g/mol. The summed E-state index contributed by atoms with van der Waals surface area (Å²) in [4.78, 5) is 21.3. The highest BCUT2D eigenvalue weighted by atomic mass is 32.1. The van der Waals surface area contributed by atoms with Crippen molar-refractivity contribution in [1.82, 2.24) is 15.1 Å². The van der Waals surface area contributed by atoms with E-state index in [4.69, 9.17) is 14.0 Å². The summed E-state index contributed by atoms with van der Waals surface area (Å²) >= 11 is 1.36. The number of anilines is 1. The van der Waals surface area contributed by atoms with Gasteiger partial charge in [-0.15, -0.1) is 11.3 Å². The van der Waals surface area contributed by atoms with E-state index in [9.17, 15) is 4.79 Å². The molecule has 4 aromatic rings. The maximum atomic E-state index is 12.5. The Morgan fingerprint density at radius 1 is 1.07 bits per heavy atom. The SMILES string of the molecule is COc1ccc(NC(=O)c2csc(Cc3nc(-c4ccccc4)no3)n2)cc1OC. The van der Waals surface area contributed by atoms with Crippen LogP contribution in [0.4, 0.5) is 5.69 Å². The van der Waals surface area contributed by atoms with E-state index in [1.165, 1.54) is 18.4 Å². The fourth-order valence-electron chi connectivity index (χ4n) is 2.77. The zero-order chi connectivity index (χ0) is 20.9. The molecule has 0 spiro atoms. The van der Waals surface area contributed by atoms with Gasteiger partial charge < -0.3 is 19.3 Å². The zero-order valence-electron chi connectivity index (χ0n) is 16.3. The minimum absolute atomic E-state index is 0.313. The number of aromatic nitrogens is 3. The second-order valence-corrected chi connectivity index (χ2v) is 7.15. The fraction of sp³-hybridized carbons (Fsp3) is 0.143. The highest BCUT2D eigenvalue weighted by Gasteiger charge is 2.15. The predicted octanol–water partition coefficient (Wildman–Crippen LogP) is 4.05. The Hall–Kier alpha value is -3.72. The quantitative estimate of drug-likeness (QED) is 0.479. The lowest BCUT2D eigenvalue weighted by Crippen LogP contribution is -2.12. The number of hydrogen-bond acceptors (Lipinski definition) is 8. The predicted molar refractivity (Wildman–Crippen MR) is 112 cm³/mol. The summed E-state index contributed by atoms with van der Waals surface area (Å²) in [5, 5.41) is 9.20. The first-order chi connectivity index (χ1) is 14.7. The highest BCUT2D eigenvalue weighted by molar-refractivity contribution is 7.09. The third kappa shape index (κ3) is 4.31. The van der Waals surface area contributed by atoms with Crippen molar-refractivity contribution < 1.29 is 18.8 Å². The minimum atomic E-state index is -0.319. The van der Waals surface area contributed by atoms with E-state index >= 15 is 0 Å². The molecule has 0 aliphatic rings. The molecule has 8 nitrogen and oxygen atoms in total. The number of benzene rings is 2. The van der Waals surface area contributed by atoms with Gasteiger partial charge in [-0.05, 0) is 12.1 Å². The van der Waals surface area contributed by atoms with Crippen molar-refractivity contribution in [1.29, 1.82) is 0 Å². The first-order valence-electron chi connectivity index (χ1n) is 9.02. The number of nitrogens with one attached hydrogen (secondary N) is 1. The van der Waals surface area contributed by atoms with Crippen molar-refractivity contribution in [3.8, 4) is 22.9 Å². The van der Waals surface area contributed by atoms with Gasteiger partial charge in [0.15, 0.2) is 11.5 Å². The van der Waals surface area contributed by atoms with E-state index in [1.54, 1.807) is 30.7 Å². The third-order valence-corrected chi connectivity index (χ3v) is 5.08. The Morgan fingerprint density at radius 3 is 2.63 bits per heavy atom. The molecule has 0 bridgehead atoms. The van der Waals surface area contributed by atoms with Crippen molar-refractivity contribution in [3.63, 3.8) is 0 Å². The number of amides is 1. The van der Waals surface area contributed by atoms with Crippen LogP contribution < -0.4 is 14.8 Å². The lowest BCUT2D eigenvalue weighted by atomic mass is 10.2. The Kier molecular flexibility index (Phi) is 5.71. The van der Waals surface area contributed by atoms with E-state index in [-0.39, 0.29) is 5.91 Å². The maximum Gasteiger partial charge on any atom is 0.275 e. The molecule has 4 rings (SSSR count). The van der Waals surface area contributed by atoms with Gasteiger partial charge in [0, 0.05) is 22.7 Å². The molecular weight excluding hydrogens is 404 g/mol. The topological polar surface area (TPSA) is 99.4 Å². The summed E-state index contributed by atoms with van der Waals surface area (Å²) in [7, 11) is 3.09.